The van der Waals surface area contributed by atoms with E-state index in [9.17, 15) is 4.79 Å². The van der Waals surface area contributed by atoms with Crippen molar-refractivity contribution in [3.63, 3.8) is 0 Å². The number of nitrogens with one attached hydrogen (secondary N) is 2. The van der Waals surface area contributed by atoms with Crippen LogP contribution in [0, 0.1) is 6.92 Å². The van der Waals surface area contributed by atoms with E-state index >= 15 is 0 Å². The smallest absolute Gasteiger partial charge is 0.269 e. The summed E-state index contributed by atoms with van der Waals surface area (Å²) in [5, 5.41) is 0.597. The van der Waals surface area contributed by atoms with E-state index in [2.05, 4.69) is 15.8 Å². The quantitative estimate of drug-likeness (QED) is 0.695. The molecule has 0 spiro atoms. The van der Waals surface area contributed by atoms with Crippen LogP contribution in [-0.4, -0.2) is 25.1 Å². The van der Waals surface area contributed by atoms with Gasteiger partial charge in [0.05, 0.1) is 18.9 Å². The van der Waals surface area contributed by atoms with Crippen LogP contribution in [0.1, 0.15) is 15.9 Å². The van der Waals surface area contributed by atoms with Crippen LogP contribution in [0.4, 0.5) is 5.13 Å². The molecule has 1 amide bonds. The number of hydrogen-bond donors (Lipinski definition) is 2. The zero-order chi connectivity index (χ0) is 17.1. The molecule has 3 rings (SSSR count). The third-order valence-electron chi connectivity index (χ3n) is 3.56. The summed E-state index contributed by atoms with van der Waals surface area (Å²) in [7, 11) is 3.20. The molecule has 0 radical (unpaired) electrons. The third-order valence-corrected chi connectivity index (χ3v) is 4.66. The summed E-state index contributed by atoms with van der Waals surface area (Å²) < 4.78 is 11.4. The molecular formula is C17H17N3O3S. The first-order valence-electron chi connectivity index (χ1n) is 7.27. The molecule has 1 aromatic heterocycles. The number of ether oxygens (including phenoxy) is 2. The molecule has 7 heteroatoms. The molecule has 124 valence electrons. The minimum Gasteiger partial charge on any atom is -0.497 e. The molecule has 24 heavy (non-hydrogen) atoms. The van der Waals surface area contributed by atoms with Gasteiger partial charge in [0, 0.05) is 5.56 Å². The highest BCUT2D eigenvalue weighted by Gasteiger charge is 2.12. The van der Waals surface area contributed by atoms with Crippen molar-refractivity contribution in [2.24, 2.45) is 0 Å². The van der Waals surface area contributed by atoms with E-state index in [1.807, 2.05) is 19.1 Å². The van der Waals surface area contributed by atoms with Crippen molar-refractivity contribution >= 4 is 32.6 Å². The van der Waals surface area contributed by atoms with Gasteiger partial charge in [-0.15, -0.1) is 0 Å². The number of anilines is 1. The van der Waals surface area contributed by atoms with Gasteiger partial charge in [-0.1, -0.05) is 17.4 Å². The zero-order valence-corrected chi connectivity index (χ0v) is 14.4. The molecule has 0 saturated carbocycles. The maximum atomic E-state index is 12.2. The minimum atomic E-state index is -0.249. The highest BCUT2D eigenvalue weighted by atomic mass is 32.1. The fourth-order valence-electron chi connectivity index (χ4n) is 2.25. The number of amides is 1. The predicted octanol–water partition coefficient (Wildman–Crippen LogP) is 3.38. The number of methoxy groups -OCH3 is 2. The lowest BCUT2D eigenvalue weighted by molar-refractivity contribution is 0.0962. The number of fused-ring (bicyclic) bond motifs is 1. The number of carbonyl (C=O) groups excluding carboxylic acids is 1. The summed E-state index contributed by atoms with van der Waals surface area (Å²) in [6.45, 7) is 2.01. The summed E-state index contributed by atoms with van der Waals surface area (Å²) in [5.74, 6) is 1.16. The summed E-state index contributed by atoms with van der Waals surface area (Å²) in [4.78, 5) is 16.6. The number of benzene rings is 2. The van der Waals surface area contributed by atoms with Crippen molar-refractivity contribution in [1.29, 1.82) is 0 Å². The number of rotatable bonds is 5. The van der Waals surface area contributed by atoms with E-state index in [1.54, 1.807) is 38.5 Å². The maximum absolute atomic E-state index is 12.2. The lowest BCUT2D eigenvalue weighted by Gasteiger charge is -2.06. The van der Waals surface area contributed by atoms with Crippen LogP contribution >= 0.6 is 11.3 Å². The summed E-state index contributed by atoms with van der Waals surface area (Å²) >= 11 is 1.46. The second-order valence-corrected chi connectivity index (χ2v) is 6.09. The minimum absolute atomic E-state index is 0.249. The van der Waals surface area contributed by atoms with Crippen LogP contribution in [0.3, 0.4) is 0 Å². The fourth-order valence-corrected chi connectivity index (χ4v) is 3.16. The molecule has 2 N–H and O–H groups in total. The van der Waals surface area contributed by atoms with Gasteiger partial charge in [0.2, 0.25) is 5.13 Å². The average Bonchev–Trinajstić information content (AvgIpc) is 3.05. The zero-order valence-electron chi connectivity index (χ0n) is 13.5. The maximum Gasteiger partial charge on any atom is 0.269 e. The van der Waals surface area contributed by atoms with Crippen molar-refractivity contribution < 1.29 is 14.3 Å². The molecule has 0 aliphatic carbocycles. The molecular weight excluding hydrogens is 326 g/mol. The van der Waals surface area contributed by atoms with Crippen molar-refractivity contribution in [1.82, 2.24) is 10.4 Å². The van der Waals surface area contributed by atoms with Gasteiger partial charge in [-0.2, -0.15) is 0 Å². The Morgan fingerprint density at radius 2 is 1.83 bits per heavy atom. The Labute approximate surface area is 143 Å². The highest BCUT2D eigenvalue weighted by Crippen LogP contribution is 2.34. The number of nitrogens with zero attached hydrogens (tertiary/aromatic N) is 1. The Bertz CT molecular complexity index is 875. The molecule has 0 aliphatic heterocycles. The van der Waals surface area contributed by atoms with Gasteiger partial charge in [-0.3, -0.25) is 15.6 Å². The molecule has 1 heterocycles. The van der Waals surface area contributed by atoms with Gasteiger partial charge in [-0.25, -0.2) is 4.98 Å². The first-order chi connectivity index (χ1) is 11.6. The second kappa shape index (κ2) is 6.76. The highest BCUT2D eigenvalue weighted by molar-refractivity contribution is 7.22. The Morgan fingerprint density at radius 1 is 1.08 bits per heavy atom. The average molecular weight is 343 g/mol. The number of aromatic nitrogens is 1. The monoisotopic (exact) mass is 343 g/mol. The molecule has 0 saturated heterocycles. The molecule has 3 aromatic rings. The van der Waals surface area contributed by atoms with E-state index in [-0.39, 0.29) is 5.91 Å². The first-order valence-corrected chi connectivity index (χ1v) is 8.08. The lowest BCUT2D eigenvalue weighted by Crippen LogP contribution is -2.29. The van der Waals surface area contributed by atoms with E-state index in [4.69, 9.17) is 9.47 Å². The van der Waals surface area contributed by atoms with Crippen LogP contribution < -0.4 is 20.3 Å². The normalized spacial score (nSPS) is 10.5. The Morgan fingerprint density at radius 3 is 2.50 bits per heavy atom. The van der Waals surface area contributed by atoms with Gasteiger partial charge in [0.15, 0.2) is 0 Å². The SMILES string of the molecule is COc1ccc(C(=O)NNc2nc3c(OC)ccc(C)c3s2)cc1. The van der Waals surface area contributed by atoms with E-state index in [0.717, 1.165) is 15.8 Å². The van der Waals surface area contributed by atoms with Crippen LogP contribution in [0.25, 0.3) is 10.2 Å². The topological polar surface area (TPSA) is 72.5 Å². The Hall–Kier alpha value is -2.80. The molecule has 2 aromatic carbocycles. The molecule has 0 bridgehead atoms. The molecule has 6 nitrogen and oxygen atoms in total. The summed E-state index contributed by atoms with van der Waals surface area (Å²) in [5.41, 5.74) is 7.92. The van der Waals surface area contributed by atoms with Crippen LogP contribution in [0.2, 0.25) is 0 Å². The van der Waals surface area contributed by atoms with Gasteiger partial charge >= 0.3 is 0 Å². The Kier molecular flexibility index (Phi) is 4.52. The molecule has 0 fully saturated rings. The second-order valence-electron chi connectivity index (χ2n) is 5.09. The molecule has 0 atom stereocenters. The Balaban J connectivity index is 1.75. The standard InChI is InChI=1S/C17H17N3O3S/c1-10-4-9-13(23-3)14-15(10)24-17(18-14)20-19-16(21)11-5-7-12(22-2)8-6-11/h4-9H,1-3H3,(H,18,20)(H,19,21). The van der Waals surface area contributed by atoms with Crippen LogP contribution in [0.5, 0.6) is 11.5 Å². The number of aryl methyl sites for hydroxylation is 1. The van der Waals surface area contributed by atoms with E-state index < -0.39 is 0 Å². The van der Waals surface area contributed by atoms with Crippen molar-refractivity contribution in [3.05, 3.63) is 47.5 Å². The fraction of sp³-hybridized carbons (Fsp3) is 0.176. The van der Waals surface area contributed by atoms with Crippen molar-refractivity contribution in [2.75, 3.05) is 19.6 Å². The van der Waals surface area contributed by atoms with E-state index in [0.29, 0.717) is 22.2 Å². The molecule has 0 unspecified atom stereocenters. The van der Waals surface area contributed by atoms with Crippen LogP contribution in [0.15, 0.2) is 36.4 Å². The van der Waals surface area contributed by atoms with Gasteiger partial charge in [-0.05, 0) is 42.8 Å². The third kappa shape index (κ3) is 3.11. The van der Waals surface area contributed by atoms with Crippen molar-refractivity contribution in [2.45, 2.75) is 6.92 Å². The van der Waals surface area contributed by atoms with Gasteiger partial charge in [0.25, 0.3) is 5.91 Å². The molecule has 0 aliphatic rings. The lowest BCUT2D eigenvalue weighted by atomic mass is 10.2. The summed E-state index contributed by atoms with van der Waals surface area (Å²) in [6.07, 6.45) is 0. The predicted molar refractivity (Wildman–Crippen MR) is 95.0 cm³/mol. The van der Waals surface area contributed by atoms with Crippen LogP contribution in [-0.2, 0) is 0 Å². The largest absolute Gasteiger partial charge is 0.497 e. The van der Waals surface area contributed by atoms with Gasteiger partial charge in [0.1, 0.15) is 17.0 Å². The number of hydrazine groups is 1. The van der Waals surface area contributed by atoms with E-state index in [1.165, 1.54) is 11.3 Å². The van der Waals surface area contributed by atoms with Gasteiger partial charge < -0.3 is 9.47 Å². The number of carbonyl (C=O) groups is 1. The number of hydrogen-bond acceptors (Lipinski definition) is 6. The summed E-state index contributed by atoms with van der Waals surface area (Å²) in [6, 6.07) is 10.7. The first kappa shape index (κ1) is 16.1. The van der Waals surface area contributed by atoms with Crippen molar-refractivity contribution in [3.8, 4) is 11.5 Å². The number of thiazole rings is 1.